The van der Waals surface area contributed by atoms with Gasteiger partial charge in [0.25, 0.3) is 0 Å². The third-order valence-electron chi connectivity index (χ3n) is 3.46. The highest BCUT2D eigenvalue weighted by Crippen LogP contribution is 2.14. The van der Waals surface area contributed by atoms with Crippen LogP contribution in [0.1, 0.15) is 18.4 Å². The Bertz CT molecular complexity index is 561. The Balaban J connectivity index is 1.66. The molecule has 0 saturated carbocycles. The van der Waals surface area contributed by atoms with Crippen LogP contribution in [0.25, 0.3) is 10.9 Å². The molecule has 2 heterocycles. The molecule has 0 aliphatic carbocycles. The Morgan fingerprint density at radius 3 is 3.17 bits per heavy atom. The van der Waals surface area contributed by atoms with Crippen molar-refractivity contribution in [2.75, 3.05) is 6.54 Å². The molecular weight excluding hydrogens is 226 g/mol. The fourth-order valence-corrected chi connectivity index (χ4v) is 2.41. The lowest BCUT2D eigenvalue weighted by Gasteiger charge is -2.22. The first-order chi connectivity index (χ1) is 8.83. The quantitative estimate of drug-likeness (QED) is 0.766. The maximum atomic E-state index is 11.6. The summed E-state index contributed by atoms with van der Waals surface area (Å²) in [7, 11) is 0. The summed E-state index contributed by atoms with van der Waals surface area (Å²) in [4.78, 5) is 14.8. The molecule has 1 aromatic carbocycles. The molecule has 4 heteroatoms. The number of aromatic amines is 1. The molecule has 94 valence electrons. The van der Waals surface area contributed by atoms with Crippen molar-refractivity contribution in [2.45, 2.75) is 25.4 Å². The van der Waals surface area contributed by atoms with Gasteiger partial charge in [-0.25, -0.2) is 0 Å². The summed E-state index contributed by atoms with van der Waals surface area (Å²) < 4.78 is 0. The number of nitrogens with one attached hydrogen (secondary N) is 3. The molecule has 3 rings (SSSR count). The van der Waals surface area contributed by atoms with E-state index in [2.05, 4.69) is 39.9 Å². The Hall–Kier alpha value is -1.81. The highest BCUT2D eigenvalue weighted by atomic mass is 16.2. The topological polar surface area (TPSA) is 56.9 Å². The van der Waals surface area contributed by atoms with Crippen LogP contribution in [0.5, 0.6) is 0 Å². The first kappa shape index (κ1) is 11.3. The lowest BCUT2D eigenvalue weighted by Crippen LogP contribution is -2.47. The van der Waals surface area contributed by atoms with Crippen LogP contribution in [0.2, 0.25) is 0 Å². The zero-order valence-corrected chi connectivity index (χ0v) is 10.2. The SMILES string of the molecule is O=C1NCCCC1NCc1ccc2cc[nH]c2c1. The number of carbonyl (C=O) groups excluding carboxylic acids is 1. The average molecular weight is 243 g/mol. The summed E-state index contributed by atoms with van der Waals surface area (Å²) in [5, 5.41) is 7.42. The van der Waals surface area contributed by atoms with Gasteiger partial charge in [0.2, 0.25) is 5.91 Å². The predicted molar refractivity (Wildman–Crippen MR) is 71.2 cm³/mol. The third-order valence-corrected chi connectivity index (χ3v) is 3.46. The van der Waals surface area contributed by atoms with Gasteiger partial charge in [0, 0.05) is 24.8 Å². The van der Waals surface area contributed by atoms with Crippen LogP contribution in [0.4, 0.5) is 0 Å². The second-order valence-electron chi connectivity index (χ2n) is 4.77. The monoisotopic (exact) mass is 243 g/mol. The van der Waals surface area contributed by atoms with Gasteiger partial charge in [0.15, 0.2) is 0 Å². The van der Waals surface area contributed by atoms with E-state index < -0.39 is 0 Å². The van der Waals surface area contributed by atoms with Crippen molar-refractivity contribution in [1.82, 2.24) is 15.6 Å². The van der Waals surface area contributed by atoms with E-state index in [1.54, 1.807) is 0 Å². The minimum atomic E-state index is -0.0434. The second-order valence-corrected chi connectivity index (χ2v) is 4.77. The molecule has 0 radical (unpaired) electrons. The van der Waals surface area contributed by atoms with Gasteiger partial charge in [-0.1, -0.05) is 12.1 Å². The predicted octanol–water partition coefficient (Wildman–Crippen LogP) is 1.54. The number of hydrogen-bond acceptors (Lipinski definition) is 2. The molecule has 0 spiro atoms. The van der Waals surface area contributed by atoms with Crippen LogP contribution in [-0.4, -0.2) is 23.5 Å². The maximum Gasteiger partial charge on any atom is 0.237 e. The summed E-state index contributed by atoms with van der Waals surface area (Å²) in [5.41, 5.74) is 2.34. The number of benzene rings is 1. The van der Waals surface area contributed by atoms with Crippen LogP contribution in [-0.2, 0) is 11.3 Å². The number of carbonyl (C=O) groups is 1. The van der Waals surface area contributed by atoms with Gasteiger partial charge in [0.05, 0.1) is 6.04 Å². The van der Waals surface area contributed by atoms with Crippen LogP contribution in [0.15, 0.2) is 30.5 Å². The Kier molecular flexibility index (Phi) is 3.02. The van der Waals surface area contributed by atoms with Gasteiger partial charge < -0.3 is 15.6 Å². The fourth-order valence-electron chi connectivity index (χ4n) is 2.41. The molecule has 2 aromatic rings. The maximum absolute atomic E-state index is 11.6. The van der Waals surface area contributed by atoms with Gasteiger partial charge in [-0.3, -0.25) is 4.79 Å². The van der Waals surface area contributed by atoms with Crippen LogP contribution in [0, 0.1) is 0 Å². The first-order valence-corrected chi connectivity index (χ1v) is 6.40. The number of hydrogen-bond donors (Lipinski definition) is 3. The van der Waals surface area contributed by atoms with Gasteiger partial charge in [-0.05, 0) is 35.9 Å². The van der Waals surface area contributed by atoms with Crippen molar-refractivity contribution in [2.24, 2.45) is 0 Å². The molecule has 1 saturated heterocycles. The van der Waals surface area contributed by atoms with Crippen LogP contribution >= 0.6 is 0 Å². The van der Waals surface area contributed by atoms with Crippen molar-refractivity contribution >= 4 is 16.8 Å². The van der Waals surface area contributed by atoms with E-state index in [0.29, 0.717) is 0 Å². The molecule has 1 amide bonds. The van der Waals surface area contributed by atoms with Crippen LogP contribution in [0.3, 0.4) is 0 Å². The number of piperidine rings is 1. The van der Waals surface area contributed by atoms with Gasteiger partial charge in [-0.2, -0.15) is 0 Å². The van der Waals surface area contributed by atoms with E-state index in [4.69, 9.17) is 0 Å². The fraction of sp³-hybridized carbons (Fsp3) is 0.357. The van der Waals surface area contributed by atoms with Crippen molar-refractivity contribution in [1.29, 1.82) is 0 Å². The zero-order chi connectivity index (χ0) is 12.4. The van der Waals surface area contributed by atoms with Gasteiger partial charge in [-0.15, -0.1) is 0 Å². The summed E-state index contributed by atoms with van der Waals surface area (Å²) in [5.74, 6) is 0.127. The minimum Gasteiger partial charge on any atom is -0.361 e. The van der Waals surface area contributed by atoms with E-state index in [-0.39, 0.29) is 11.9 Å². The molecule has 0 bridgehead atoms. The molecule has 1 aliphatic rings. The van der Waals surface area contributed by atoms with E-state index in [1.165, 1.54) is 10.9 Å². The normalized spacial score (nSPS) is 20.0. The Morgan fingerprint density at radius 2 is 2.28 bits per heavy atom. The van der Waals surface area contributed by atoms with E-state index >= 15 is 0 Å². The zero-order valence-electron chi connectivity index (χ0n) is 10.2. The summed E-state index contributed by atoms with van der Waals surface area (Å²) in [6.45, 7) is 1.54. The molecule has 1 unspecified atom stereocenters. The summed E-state index contributed by atoms with van der Waals surface area (Å²) >= 11 is 0. The molecule has 1 aromatic heterocycles. The standard InChI is InChI=1S/C14H17N3O/c18-14-12(2-1-6-16-14)17-9-10-3-4-11-5-7-15-13(11)8-10/h3-5,7-8,12,15,17H,1-2,6,9H2,(H,16,18). The largest absolute Gasteiger partial charge is 0.361 e. The lowest BCUT2D eigenvalue weighted by atomic mass is 10.1. The van der Waals surface area contributed by atoms with Crippen molar-refractivity contribution < 1.29 is 4.79 Å². The number of amides is 1. The molecule has 4 nitrogen and oxygen atoms in total. The van der Waals surface area contributed by atoms with Crippen molar-refractivity contribution in [3.63, 3.8) is 0 Å². The van der Waals surface area contributed by atoms with E-state index in [1.807, 2.05) is 6.20 Å². The minimum absolute atomic E-state index is 0.0434. The summed E-state index contributed by atoms with van der Waals surface area (Å²) in [6.07, 6.45) is 3.92. The van der Waals surface area contributed by atoms with Crippen LogP contribution < -0.4 is 10.6 Å². The van der Waals surface area contributed by atoms with E-state index in [9.17, 15) is 4.79 Å². The molecule has 3 N–H and O–H groups in total. The Morgan fingerprint density at radius 1 is 1.33 bits per heavy atom. The molecule has 1 atom stereocenters. The molecule has 1 aliphatic heterocycles. The second kappa shape index (κ2) is 4.82. The molecule has 1 fully saturated rings. The van der Waals surface area contributed by atoms with Crippen molar-refractivity contribution in [3.05, 3.63) is 36.0 Å². The number of aromatic nitrogens is 1. The number of rotatable bonds is 3. The highest BCUT2D eigenvalue weighted by Gasteiger charge is 2.20. The van der Waals surface area contributed by atoms with Gasteiger partial charge in [0.1, 0.15) is 0 Å². The number of H-pyrrole nitrogens is 1. The summed E-state index contributed by atoms with van der Waals surface area (Å²) in [6, 6.07) is 8.34. The lowest BCUT2D eigenvalue weighted by molar-refractivity contribution is -0.124. The average Bonchev–Trinajstić information content (AvgIpc) is 2.85. The third kappa shape index (κ3) is 2.24. The Labute approximate surface area is 106 Å². The molecule has 18 heavy (non-hydrogen) atoms. The highest BCUT2D eigenvalue weighted by molar-refractivity contribution is 5.82. The van der Waals surface area contributed by atoms with Gasteiger partial charge >= 0.3 is 0 Å². The molecular formula is C14H17N3O. The first-order valence-electron chi connectivity index (χ1n) is 6.40. The van der Waals surface area contributed by atoms with Crippen molar-refractivity contribution in [3.8, 4) is 0 Å². The number of fused-ring (bicyclic) bond motifs is 1. The van der Waals surface area contributed by atoms with E-state index in [0.717, 1.165) is 31.4 Å². The smallest absolute Gasteiger partial charge is 0.237 e.